The molecule has 0 aromatic heterocycles. The Morgan fingerprint density at radius 2 is 1.70 bits per heavy atom. The molecule has 1 aliphatic heterocycles. The van der Waals surface area contributed by atoms with E-state index in [1.807, 2.05) is 6.92 Å². The Morgan fingerprint density at radius 3 is 2.22 bits per heavy atom. The van der Waals surface area contributed by atoms with Crippen LogP contribution in [0.4, 0.5) is 0 Å². The third-order valence-corrected chi connectivity index (χ3v) is 7.19. The average Bonchev–Trinajstić information content (AvgIpc) is 2.62. The fraction of sp³-hybridized carbons (Fsp3) is 0.950. The summed E-state index contributed by atoms with van der Waals surface area (Å²) < 4.78 is 5.74. The lowest BCUT2D eigenvalue weighted by Crippen LogP contribution is -2.76. The highest BCUT2D eigenvalue weighted by Crippen LogP contribution is 2.50. The molecule has 2 unspecified atom stereocenters. The van der Waals surface area contributed by atoms with Crippen LogP contribution in [0.5, 0.6) is 0 Å². The highest BCUT2D eigenvalue weighted by atomic mass is 35.5. The normalized spacial score (nSPS) is 31.9. The number of rotatable bonds is 5. The van der Waals surface area contributed by atoms with E-state index in [-0.39, 0.29) is 48.3 Å². The number of amides is 1. The number of piperidine rings is 1. The van der Waals surface area contributed by atoms with Gasteiger partial charge in [0, 0.05) is 43.6 Å². The quantitative estimate of drug-likeness (QED) is 0.711. The maximum Gasteiger partial charge on any atom is 0.241 e. The van der Waals surface area contributed by atoms with Crippen LogP contribution in [-0.4, -0.2) is 54.2 Å². The summed E-state index contributed by atoms with van der Waals surface area (Å²) in [7, 11) is 0. The number of hydrogen-bond donors (Lipinski definition) is 2. The van der Waals surface area contributed by atoms with Crippen molar-refractivity contribution in [3.05, 3.63) is 0 Å². The molecule has 2 atom stereocenters. The first-order valence-corrected chi connectivity index (χ1v) is 10.3. The van der Waals surface area contributed by atoms with E-state index in [0.29, 0.717) is 13.0 Å². The van der Waals surface area contributed by atoms with E-state index in [0.717, 1.165) is 32.0 Å². The zero-order valence-electron chi connectivity index (χ0n) is 17.2. The van der Waals surface area contributed by atoms with Gasteiger partial charge in [0.2, 0.25) is 5.91 Å². The zero-order chi connectivity index (χ0) is 18.1. The largest absolute Gasteiger partial charge is 0.378 e. The Kier molecular flexibility index (Phi) is 9.35. The monoisotopic (exact) mass is 423 g/mol. The van der Waals surface area contributed by atoms with Crippen molar-refractivity contribution in [2.45, 2.75) is 95.9 Å². The molecule has 0 spiro atoms. The highest BCUT2D eigenvalue weighted by Gasteiger charge is 2.63. The van der Waals surface area contributed by atoms with Crippen molar-refractivity contribution in [2.75, 3.05) is 19.7 Å². The van der Waals surface area contributed by atoms with Crippen molar-refractivity contribution in [2.24, 2.45) is 11.1 Å². The Morgan fingerprint density at radius 1 is 1.11 bits per heavy atom. The third-order valence-electron chi connectivity index (χ3n) is 7.19. The summed E-state index contributed by atoms with van der Waals surface area (Å²) in [5.41, 5.74) is 5.40. The third kappa shape index (κ3) is 4.92. The van der Waals surface area contributed by atoms with Gasteiger partial charge in [-0.1, -0.05) is 33.1 Å². The fourth-order valence-corrected chi connectivity index (χ4v) is 4.99. The van der Waals surface area contributed by atoms with E-state index in [2.05, 4.69) is 24.1 Å². The summed E-state index contributed by atoms with van der Waals surface area (Å²) in [5.74, 6) is 0.0181. The van der Waals surface area contributed by atoms with Crippen LogP contribution >= 0.6 is 24.8 Å². The van der Waals surface area contributed by atoms with Crippen molar-refractivity contribution < 1.29 is 9.53 Å². The van der Waals surface area contributed by atoms with Gasteiger partial charge in [0.15, 0.2) is 0 Å². The van der Waals surface area contributed by atoms with Crippen LogP contribution in [0.15, 0.2) is 0 Å². The minimum atomic E-state index is -0.798. The molecule has 3 N–H and O–H groups in total. The van der Waals surface area contributed by atoms with E-state index in [1.165, 1.54) is 32.1 Å². The minimum Gasteiger partial charge on any atom is -0.378 e. The van der Waals surface area contributed by atoms with Crippen molar-refractivity contribution in [3.63, 3.8) is 0 Å². The fourth-order valence-electron chi connectivity index (χ4n) is 4.99. The van der Waals surface area contributed by atoms with Crippen LogP contribution in [0.1, 0.15) is 72.1 Å². The second-order valence-electron chi connectivity index (χ2n) is 8.92. The van der Waals surface area contributed by atoms with Gasteiger partial charge in [0.25, 0.3) is 0 Å². The second kappa shape index (κ2) is 10.1. The van der Waals surface area contributed by atoms with Crippen LogP contribution in [0.3, 0.4) is 0 Å². The molecule has 0 aromatic rings. The highest BCUT2D eigenvalue weighted by molar-refractivity contribution is 5.89. The van der Waals surface area contributed by atoms with Gasteiger partial charge in [-0.15, -0.1) is 24.8 Å². The molecule has 1 saturated heterocycles. The lowest BCUT2D eigenvalue weighted by atomic mass is 9.54. The van der Waals surface area contributed by atoms with Crippen LogP contribution in [0.2, 0.25) is 0 Å². The molecule has 3 fully saturated rings. The van der Waals surface area contributed by atoms with Crippen molar-refractivity contribution >= 4 is 30.7 Å². The summed E-state index contributed by atoms with van der Waals surface area (Å²) in [6.07, 6.45) is 9.69. The van der Waals surface area contributed by atoms with Gasteiger partial charge < -0.3 is 20.7 Å². The van der Waals surface area contributed by atoms with Crippen LogP contribution in [0.25, 0.3) is 0 Å². The summed E-state index contributed by atoms with van der Waals surface area (Å²) in [5, 5.41) is 3.26. The smallest absolute Gasteiger partial charge is 0.241 e. The molecule has 7 heteroatoms. The molecule has 1 amide bonds. The molecular weight excluding hydrogens is 385 g/mol. The predicted molar refractivity (Wildman–Crippen MR) is 115 cm³/mol. The van der Waals surface area contributed by atoms with Gasteiger partial charge in [-0.2, -0.15) is 0 Å². The molecule has 160 valence electrons. The minimum absolute atomic E-state index is 0. The van der Waals surface area contributed by atoms with Gasteiger partial charge in [-0.3, -0.25) is 4.79 Å². The van der Waals surface area contributed by atoms with Crippen molar-refractivity contribution in [3.8, 4) is 0 Å². The number of nitrogens with two attached hydrogens (primary N) is 1. The molecule has 0 radical (unpaired) electrons. The maximum absolute atomic E-state index is 12.9. The topological polar surface area (TPSA) is 67.6 Å². The van der Waals surface area contributed by atoms with E-state index in [1.54, 1.807) is 0 Å². The molecule has 0 aromatic carbocycles. The summed E-state index contributed by atoms with van der Waals surface area (Å²) in [6.45, 7) is 9.00. The number of ether oxygens (including phenoxy) is 1. The number of halogens is 2. The number of nitrogens with one attached hydrogen (secondary N) is 1. The molecular formula is C20H39Cl2N3O2. The van der Waals surface area contributed by atoms with E-state index >= 15 is 0 Å². The SMILES string of the molecule is CCOC1CC(N)(C(=O)NC2CCN(C3CCCCC3)CC2)C1(C)C.Cl.Cl. The van der Waals surface area contributed by atoms with Crippen molar-refractivity contribution in [1.82, 2.24) is 10.2 Å². The zero-order valence-corrected chi connectivity index (χ0v) is 18.8. The van der Waals surface area contributed by atoms with Crippen molar-refractivity contribution in [1.29, 1.82) is 0 Å². The lowest BCUT2D eigenvalue weighted by Gasteiger charge is -2.58. The van der Waals surface area contributed by atoms with Crippen LogP contribution < -0.4 is 11.1 Å². The van der Waals surface area contributed by atoms with Crippen LogP contribution in [0, 0.1) is 5.41 Å². The van der Waals surface area contributed by atoms with Gasteiger partial charge in [0.1, 0.15) is 5.54 Å². The van der Waals surface area contributed by atoms with E-state index in [9.17, 15) is 4.79 Å². The number of likely N-dealkylation sites (tertiary alicyclic amines) is 1. The number of carbonyl (C=O) groups is 1. The molecule has 2 saturated carbocycles. The first-order chi connectivity index (χ1) is 11.9. The Labute approximate surface area is 177 Å². The standard InChI is InChI=1S/C20H37N3O2.2ClH/c1-4-25-17-14-20(21,19(17,2)3)18(24)22-15-10-12-23(13-11-15)16-8-6-5-7-9-16;;/h15-17H,4-14,21H2,1-3H3,(H,22,24);2*1H. The Hall–Kier alpha value is -0.0700. The second-order valence-corrected chi connectivity index (χ2v) is 8.92. The Bertz CT molecular complexity index is 478. The molecule has 0 bridgehead atoms. The van der Waals surface area contributed by atoms with E-state index in [4.69, 9.17) is 10.5 Å². The maximum atomic E-state index is 12.9. The van der Waals surface area contributed by atoms with Gasteiger partial charge >= 0.3 is 0 Å². The number of nitrogens with zero attached hydrogens (tertiary/aromatic N) is 1. The summed E-state index contributed by atoms with van der Waals surface area (Å²) in [6, 6.07) is 1.05. The van der Waals surface area contributed by atoms with Gasteiger partial charge in [-0.25, -0.2) is 0 Å². The first kappa shape index (κ1) is 25.0. The molecule has 2 aliphatic carbocycles. The lowest BCUT2D eigenvalue weighted by molar-refractivity contribution is -0.171. The van der Waals surface area contributed by atoms with Gasteiger partial charge in [-0.05, 0) is 32.6 Å². The predicted octanol–water partition coefficient (Wildman–Crippen LogP) is 3.28. The molecule has 27 heavy (non-hydrogen) atoms. The molecule has 5 nitrogen and oxygen atoms in total. The van der Waals surface area contributed by atoms with Crippen LogP contribution in [-0.2, 0) is 9.53 Å². The molecule has 3 aliphatic rings. The summed E-state index contributed by atoms with van der Waals surface area (Å²) >= 11 is 0. The molecule has 3 rings (SSSR count). The number of carbonyl (C=O) groups excluding carboxylic acids is 1. The number of hydrogen-bond acceptors (Lipinski definition) is 4. The average molecular weight is 424 g/mol. The van der Waals surface area contributed by atoms with Gasteiger partial charge in [0.05, 0.1) is 6.10 Å². The van der Waals surface area contributed by atoms with E-state index < -0.39 is 5.54 Å². The Balaban J connectivity index is 0.00000182. The summed E-state index contributed by atoms with van der Waals surface area (Å²) in [4.78, 5) is 15.5. The molecule has 1 heterocycles. The first-order valence-electron chi connectivity index (χ1n) is 10.3.